The van der Waals surface area contributed by atoms with Gasteiger partial charge in [-0.25, -0.2) is 13.6 Å². The van der Waals surface area contributed by atoms with Gasteiger partial charge in [0.2, 0.25) is 15.9 Å². The van der Waals surface area contributed by atoms with Crippen LogP contribution in [0.3, 0.4) is 0 Å². The van der Waals surface area contributed by atoms with E-state index in [9.17, 15) is 13.2 Å². The van der Waals surface area contributed by atoms with Gasteiger partial charge in [-0.15, -0.1) is 0 Å². The highest BCUT2D eigenvalue weighted by molar-refractivity contribution is 7.89. The summed E-state index contributed by atoms with van der Waals surface area (Å²) in [6, 6.07) is 3.97. The number of rotatable bonds is 3. The van der Waals surface area contributed by atoms with E-state index in [0.717, 1.165) is 12.8 Å². The van der Waals surface area contributed by atoms with Crippen LogP contribution in [0.2, 0.25) is 5.02 Å². The first-order chi connectivity index (χ1) is 9.38. The van der Waals surface area contributed by atoms with Crippen molar-refractivity contribution in [2.45, 2.75) is 24.2 Å². The molecule has 1 amide bonds. The molecule has 1 atom stereocenters. The molecular weight excluding hydrogens is 300 g/mol. The fraction of sp³-hybridized carbons (Fsp3) is 0.308. The standard InChI is InChI=1S/C13H15ClN2O3S/c14-11-7-6-10(20(15,18)19)8-12(11)16-13(17)9-4-2-1-3-5-9/h1-2,6-9H,3-5H2,(H,16,17)(H2,15,18,19). The fourth-order valence-corrected chi connectivity index (χ4v) is 2.75. The van der Waals surface area contributed by atoms with Crippen LogP contribution in [-0.2, 0) is 14.8 Å². The Hall–Kier alpha value is -1.37. The molecule has 0 heterocycles. The maximum absolute atomic E-state index is 12.1. The molecule has 3 N–H and O–H groups in total. The predicted octanol–water partition coefficient (Wildman–Crippen LogP) is 2.28. The van der Waals surface area contributed by atoms with Crippen LogP contribution in [0.4, 0.5) is 5.69 Å². The summed E-state index contributed by atoms with van der Waals surface area (Å²) >= 11 is 5.96. The van der Waals surface area contributed by atoms with Crippen molar-refractivity contribution in [2.24, 2.45) is 11.1 Å². The molecule has 20 heavy (non-hydrogen) atoms. The number of nitrogens with one attached hydrogen (secondary N) is 1. The summed E-state index contributed by atoms with van der Waals surface area (Å²) in [5.41, 5.74) is 0.262. The number of hydrogen-bond donors (Lipinski definition) is 2. The van der Waals surface area contributed by atoms with E-state index in [0.29, 0.717) is 6.42 Å². The largest absolute Gasteiger partial charge is 0.324 e. The average molecular weight is 315 g/mol. The first-order valence-corrected chi connectivity index (χ1v) is 8.08. The van der Waals surface area contributed by atoms with Gasteiger partial charge >= 0.3 is 0 Å². The second-order valence-electron chi connectivity index (χ2n) is 4.66. The third kappa shape index (κ3) is 3.59. The van der Waals surface area contributed by atoms with Gasteiger partial charge in [0.05, 0.1) is 15.6 Å². The zero-order valence-electron chi connectivity index (χ0n) is 10.7. The van der Waals surface area contributed by atoms with Gasteiger partial charge in [-0.2, -0.15) is 0 Å². The molecule has 2 rings (SSSR count). The number of benzene rings is 1. The number of primary sulfonamides is 1. The summed E-state index contributed by atoms with van der Waals surface area (Å²) in [4.78, 5) is 12.0. The van der Waals surface area contributed by atoms with E-state index in [1.807, 2.05) is 12.2 Å². The zero-order valence-corrected chi connectivity index (χ0v) is 12.2. The number of hydrogen-bond acceptors (Lipinski definition) is 3. The third-order valence-corrected chi connectivity index (χ3v) is 4.40. The first-order valence-electron chi connectivity index (χ1n) is 6.16. The number of halogens is 1. The van der Waals surface area contributed by atoms with Crippen molar-refractivity contribution in [1.82, 2.24) is 0 Å². The van der Waals surface area contributed by atoms with Gasteiger partial charge in [-0.3, -0.25) is 4.79 Å². The summed E-state index contributed by atoms with van der Waals surface area (Å²) in [6.45, 7) is 0. The first kappa shape index (κ1) is 15.0. The normalized spacial score (nSPS) is 18.8. The van der Waals surface area contributed by atoms with Crippen molar-refractivity contribution in [2.75, 3.05) is 5.32 Å². The van der Waals surface area contributed by atoms with Crippen molar-refractivity contribution < 1.29 is 13.2 Å². The minimum Gasteiger partial charge on any atom is -0.324 e. The predicted molar refractivity (Wildman–Crippen MR) is 77.9 cm³/mol. The minimum absolute atomic E-state index is 0.0826. The van der Waals surface area contributed by atoms with E-state index in [1.54, 1.807) is 0 Å². The molecule has 1 aliphatic rings. The smallest absolute Gasteiger partial charge is 0.238 e. The van der Waals surface area contributed by atoms with E-state index in [1.165, 1.54) is 18.2 Å². The van der Waals surface area contributed by atoms with Crippen LogP contribution < -0.4 is 10.5 Å². The van der Waals surface area contributed by atoms with Crippen molar-refractivity contribution in [1.29, 1.82) is 0 Å². The Morgan fingerprint density at radius 1 is 1.35 bits per heavy atom. The summed E-state index contributed by atoms with van der Waals surface area (Å²) in [6.07, 6.45) is 6.32. The van der Waals surface area contributed by atoms with Crippen molar-refractivity contribution in [3.63, 3.8) is 0 Å². The van der Waals surface area contributed by atoms with Crippen molar-refractivity contribution in [3.05, 3.63) is 35.4 Å². The van der Waals surface area contributed by atoms with Crippen LogP contribution in [0.1, 0.15) is 19.3 Å². The Balaban J connectivity index is 2.20. The van der Waals surface area contributed by atoms with E-state index < -0.39 is 10.0 Å². The van der Waals surface area contributed by atoms with E-state index in [2.05, 4.69) is 5.32 Å². The highest BCUT2D eigenvalue weighted by Crippen LogP contribution is 2.27. The molecule has 0 radical (unpaired) electrons. The highest BCUT2D eigenvalue weighted by atomic mass is 35.5. The van der Waals surface area contributed by atoms with Gasteiger partial charge in [0, 0.05) is 5.92 Å². The Morgan fingerprint density at radius 2 is 2.10 bits per heavy atom. The quantitative estimate of drug-likeness (QED) is 0.839. The van der Waals surface area contributed by atoms with Gasteiger partial charge in [-0.05, 0) is 37.5 Å². The van der Waals surface area contributed by atoms with Gasteiger partial charge < -0.3 is 5.32 Å². The lowest BCUT2D eigenvalue weighted by Gasteiger charge is -2.18. The molecule has 0 saturated heterocycles. The molecular formula is C13H15ClN2O3S. The Labute approximate surface area is 122 Å². The highest BCUT2D eigenvalue weighted by Gasteiger charge is 2.20. The topological polar surface area (TPSA) is 89.3 Å². The molecule has 0 fully saturated rings. The van der Waals surface area contributed by atoms with Crippen LogP contribution in [0.25, 0.3) is 0 Å². The molecule has 0 saturated carbocycles. The molecule has 1 aliphatic carbocycles. The summed E-state index contributed by atoms with van der Waals surface area (Å²) in [5, 5.41) is 8.00. The lowest BCUT2D eigenvalue weighted by atomic mass is 9.93. The molecule has 0 aromatic heterocycles. The fourth-order valence-electron chi connectivity index (χ4n) is 2.04. The van der Waals surface area contributed by atoms with Gasteiger partial charge in [0.1, 0.15) is 0 Å². The summed E-state index contributed by atoms with van der Waals surface area (Å²) in [5.74, 6) is -0.281. The molecule has 1 aromatic rings. The lowest BCUT2D eigenvalue weighted by molar-refractivity contribution is -0.120. The Kier molecular flexibility index (Phi) is 4.47. The second kappa shape index (κ2) is 5.95. The average Bonchev–Trinajstić information content (AvgIpc) is 2.41. The van der Waals surface area contributed by atoms with Crippen LogP contribution in [0.15, 0.2) is 35.2 Å². The molecule has 0 aliphatic heterocycles. The molecule has 1 unspecified atom stereocenters. The summed E-state index contributed by atoms with van der Waals surface area (Å²) < 4.78 is 22.6. The number of allylic oxidation sites excluding steroid dienone is 2. The van der Waals surface area contributed by atoms with Gasteiger partial charge in [-0.1, -0.05) is 23.8 Å². The zero-order chi connectivity index (χ0) is 14.8. The molecule has 0 bridgehead atoms. The van der Waals surface area contributed by atoms with Gasteiger partial charge in [0.15, 0.2) is 0 Å². The maximum Gasteiger partial charge on any atom is 0.238 e. The van der Waals surface area contributed by atoms with Gasteiger partial charge in [0.25, 0.3) is 0 Å². The molecule has 108 valence electrons. The Morgan fingerprint density at radius 3 is 2.70 bits per heavy atom. The van der Waals surface area contributed by atoms with Crippen LogP contribution in [0, 0.1) is 5.92 Å². The van der Waals surface area contributed by atoms with Crippen LogP contribution >= 0.6 is 11.6 Å². The van der Waals surface area contributed by atoms with Crippen molar-refractivity contribution >= 4 is 33.2 Å². The number of anilines is 1. The molecule has 0 spiro atoms. The van der Waals surface area contributed by atoms with E-state index in [-0.39, 0.29) is 27.4 Å². The number of carbonyl (C=O) groups is 1. The van der Waals surface area contributed by atoms with E-state index in [4.69, 9.17) is 16.7 Å². The summed E-state index contributed by atoms with van der Waals surface area (Å²) in [7, 11) is -3.82. The number of amides is 1. The second-order valence-corrected chi connectivity index (χ2v) is 6.63. The van der Waals surface area contributed by atoms with Crippen LogP contribution in [-0.4, -0.2) is 14.3 Å². The third-order valence-electron chi connectivity index (χ3n) is 3.16. The van der Waals surface area contributed by atoms with E-state index >= 15 is 0 Å². The maximum atomic E-state index is 12.1. The number of nitrogens with two attached hydrogens (primary N) is 1. The molecule has 1 aromatic carbocycles. The monoisotopic (exact) mass is 314 g/mol. The molecule has 7 heteroatoms. The Bertz CT molecular complexity index is 656. The van der Waals surface area contributed by atoms with Crippen LogP contribution in [0.5, 0.6) is 0 Å². The lowest BCUT2D eigenvalue weighted by Crippen LogP contribution is -2.24. The van der Waals surface area contributed by atoms with Crippen molar-refractivity contribution in [3.8, 4) is 0 Å². The number of sulfonamides is 1. The SMILES string of the molecule is NS(=O)(=O)c1ccc(Cl)c(NC(=O)C2CC=CCC2)c1. The minimum atomic E-state index is -3.82. The number of carbonyl (C=O) groups excluding carboxylic acids is 1. The molecule has 5 nitrogen and oxygen atoms in total.